The second-order valence-corrected chi connectivity index (χ2v) is 5.47. The van der Waals surface area contributed by atoms with Gasteiger partial charge in [0.25, 0.3) is 0 Å². The molecule has 2 unspecified atom stereocenters. The van der Waals surface area contributed by atoms with E-state index in [1.54, 1.807) is 12.1 Å². The van der Waals surface area contributed by atoms with Crippen LogP contribution in [0.2, 0.25) is 5.02 Å². The molecule has 2 aromatic rings. The minimum absolute atomic E-state index is 0.174. The molecule has 0 saturated carbocycles. The Bertz CT molecular complexity index is 556. The van der Waals surface area contributed by atoms with Crippen molar-refractivity contribution in [1.82, 2.24) is 5.32 Å². The zero-order valence-corrected chi connectivity index (χ0v) is 12.5. The Kier molecular flexibility index (Phi) is 5.16. The van der Waals surface area contributed by atoms with E-state index in [9.17, 15) is 4.39 Å². The molecule has 0 amide bonds. The summed E-state index contributed by atoms with van der Waals surface area (Å²) in [7, 11) is 1.91. The van der Waals surface area contributed by atoms with Gasteiger partial charge in [-0.2, -0.15) is 0 Å². The van der Waals surface area contributed by atoms with E-state index in [0.717, 1.165) is 0 Å². The molecule has 0 aliphatic carbocycles. The van der Waals surface area contributed by atoms with Crippen LogP contribution in [-0.2, 0) is 6.42 Å². The lowest BCUT2D eigenvalue weighted by atomic mass is 9.89. The summed E-state index contributed by atoms with van der Waals surface area (Å²) in [6, 6.07) is 15.3. The smallest absolute Gasteiger partial charge is 0.127 e. The maximum atomic E-state index is 13.9. The number of likely N-dealkylation sites (N-methyl/N-ethyl adjacent to an activating group) is 1. The highest BCUT2D eigenvalue weighted by molar-refractivity contribution is 6.30. The van der Waals surface area contributed by atoms with Crippen molar-refractivity contribution < 1.29 is 4.39 Å². The van der Waals surface area contributed by atoms with E-state index in [1.165, 1.54) is 11.6 Å². The third-order valence-electron chi connectivity index (χ3n) is 3.75. The van der Waals surface area contributed by atoms with Crippen LogP contribution in [0.1, 0.15) is 24.0 Å². The molecule has 1 nitrogen and oxygen atoms in total. The molecule has 2 atom stereocenters. The Balaban J connectivity index is 2.16. The zero-order valence-electron chi connectivity index (χ0n) is 11.7. The van der Waals surface area contributed by atoms with E-state index in [2.05, 4.69) is 24.4 Å². The average molecular weight is 292 g/mol. The second-order valence-electron chi connectivity index (χ2n) is 5.03. The van der Waals surface area contributed by atoms with Gasteiger partial charge in [-0.25, -0.2) is 4.39 Å². The average Bonchev–Trinajstić information content (AvgIpc) is 2.47. The molecule has 1 N–H and O–H groups in total. The zero-order chi connectivity index (χ0) is 14.5. The van der Waals surface area contributed by atoms with Gasteiger partial charge in [-0.15, -0.1) is 0 Å². The van der Waals surface area contributed by atoms with Gasteiger partial charge in [-0.3, -0.25) is 0 Å². The molecule has 0 heterocycles. The first-order chi connectivity index (χ1) is 9.61. The highest BCUT2D eigenvalue weighted by Crippen LogP contribution is 2.23. The summed E-state index contributed by atoms with van der Waals surface area (Å²) in [4.78, 5) is 0. The molecule has 0 fully saturated rings. The topological polar surface area (TPSA) is 12.0 Å². The van der Waals surface area contributed by atoms with E-state index in [0.29, 0.717) is 22.9 Å². The fourth-order valence-electron chi connectivity index (χ4n) is 2.44. The summed E-state index contributed by atoms with van der Waals surface area (Å²) in [5.74, 6) is 0.0642. The number of benzene rings is 2. The number of halogens is 2. The van der Waals surface area contributed by atoms with Crippen molar-refractivity contribution in [1.29, 1.82) is 0 Å². The standard InChI is InChI=1S/C17H19ClFN/c1-12(13-6-4-3-5-7-13)17(20-2)10-14-8-9-15(18)11-16(14)19/h3-9,11-12,17,20H,10H2,1-2H3. The Morgan fingerprint density at radius 3 is 2.45 bits per heavy atom. The molecule has 0 saturated heterocycles. The molecule has 2 rings (SSSR count). The van der Waals surface area contributed by atoms with Crippen LogP contribution in [-0.4, -0.2) is 13.1 Å². The second kappa shape index (κ2) is 6.87. The third kappa shape index (κ3) is 3.59. The molecule has 0 bridgehead atoms. The number of hydrogen-bond donors (Lipinski definition) is 1. The van der Waals surface area contributed by atoms with Gasteiger partial charge in [-0.05, 0) is 42.6 Å². The number of hydrogen-bond acceptors (Lipinski definition) is 1. The predicted molar refractivity (Wildman–Crippen MR) is 82.8 cm³/mol. The fraction of sp³-hybridized carbons (Fsp3) is 0.294. The monoisotopic (exact) mass is 291 g/mol. The predicted octanol–water partition coefficient (Wildman–Crippen LogP) is 4.41. The summed E-state index contributed by atoms with van der Waals surface area (Å²) in [6.45, 7) is 2.16. The minimum atomic E-state index is -0.238. The lowest BCUT2D eigenvalue weighted by molar-refractivity contribution is 0.472. The third-order valence-corrected chi connectivity index (χ3v) is 3.99. The summed E-state index contributed by atoms with van der Waals surface area (Å²) in [5.41, 5.74) is 1.94. The Labute approximate surface area is 124 Å². The number of rotatable bonds is 5. The molecule has 0 spiro atoms. The normalized spacial score (nSPS) is 14.0. The maximum absolute atomic E-state index is 13.9. The van der Waals surface area contributed by atoms with Gasteiger partial charge in [0.15, 0.2) is 0 Å². The van der Waals surface area contributed by atoms with E-state index in [1.807, 2.05) is 25.2 Å². The fourth-order valence-corrected chi connectivity index (χ4v) is 2.60. The first-order valence-corrected chi connectivity index (χ1v) is 7.15. The largest absolute Gasteiger partial charge is 0.316 e. The molecule has 20 heavy (non-hydrogen) atoms. The molecule has 0 aromatic heterocycles. The molecule has 3 heteroatoms. The summed E-state index contributed by atoms with van der Waals surface area (Å²) >= 11 is 5.79. The van der Waals surface area contributed by atoms with Crippen LogP contribution in [0.25, 0.3) is 0 Å². The van der Waals surface area contributed by atoms with Crippen LogP contribution in [0.3, 0.4) is 0 Å². The highest BCUT2D eigenvalue weighted by atomic mass is 35.5. The van der Waals surface area contributed by atoms with E-state index >= 15 is 0 Å². The lowest BCUT2D eigenvalue weighted by Crippen LogP contribution is -2.33. The van der Waals surface area contributed by atoms with Crippen LogP contribution in [0, 0.1) is 5.82 Å². The van der Waals surface area contributed by atoms with Crippen LogP contribution < -0.4 is 5.32 Å². The van der Waals surface area contributed by atoms with Crippen molar-refractivity contribution in [2.24, 2.45) is 0 Å². The molecule has 106 valence electrons. The van der Waals surface area contributed by atoms with Crippen LogP contribution in [0.5, 0.6) is 0 Å². The number of nitrogens with one attached hydrogen (secondary N) is 1. The first-order valence-electron chi connectivity index (χ1n) is 6.78. The van der Waals surface area contributed by atoms with Crippen LogP contribution >= 0.6 is 11.6 Å². The van der Waals surface area contributed by atoms with Gasteiger partial charge in [-0.1, -0.05) is 54.9 Å². The molecular weight excluding hydrogens is 273 g/mol. The summed E-state index contributed by atoms with van der Waals surface area (Å²) in [6.07, 6.45) is 0.634. The van der Waals surface area contributed by atoms with Gasteiger partial charge in [0.05, 0.1) is 0 Å². The Hall–Kier alpha value is -1.38. The Morgan fingerprint density at radius 2 is 1.85 bits per heavy atom. The van der Waals surface area contributed by atoms with E-state index < -0.39 is 0 Å². The van der Waals surface area contributed by atoms with Crippen molar-refractivity contribution >= 4 is 11.6 Å². The Morgan fingerprint density at radius 1 is 1.15 bits per heavy atom. The van der Waals surface area contributed by atoms with Gasteiger partial charge >= 0.3 is 0 Å². The molecule has 0 aliphatic rings. The van der Waals surface area contributed by atoms with Crippen molar-refractivity contribution in [3.63, 3.8) is 0 Å². The van der Waals surface area contributed by atoms with E-state index in [-0.39, 0.29) is 11.9 Å². The summed E-state index contributed by atoms with van der Waals surface area (Å²) < 4.78 is 13.9. The maximum Gasteiger partial charge on any atom is 0.127 e. The van der Waals surface area contributed by atoms with Crippen LogP contribution in [0.4, 0.5) is 4.39 Å². The summed E-state index contributed by atoms with van der Waals surface area (Å²) in [5, 5.41) is 3.72. The van der Waals surface area contributed by atoms with Crippen molar-refractivity contribution in [3.8, 4) is 0 Å². The van der Waals surface area contributed by atoms with Gasteiger partial charge in [0.1, 0.15) is 5.82 Å². The van der Waals surface area contributed by atoms with Gasteiger partial charge < -0.3 is 5.32 Å². The van der Waals surface area contributed by atoms with Gasteiger partial charge in [0.2, 0.25) is 0 Å². The molecule has 0 aliphatic heterocycles. The first kappa shape index (κ1) is 15.0. The van der Waals surface area contributed by atoms with Crippen LogP contribution in [0.15, 0.2) is 48.5 Å². The molecule has 0 radical (unpaired) electrons. The van der Waals surface area contributed by atoms with Crippen molar-refractivity contribution in [2.75, 3.05) is 7.05 Å². The lowest BCUT2D eigenvalue weighted by Gasteiger charge is -2.24. The highest BCUT2D eigenvalue weighted by Gasteiger charge is 2.19. The molecular formula is C17H19ClFN. The van der Waals surface area contributed by atoms with Crippen molar-refractivity contribution in [2.45, 2.75) is 25.3 Å². The van der Waals surface area contributed by atoms with Gasteiger partial charge in [0, 0.05) is 11.1 Å². The quantitative estimate of drug-likeness (QED) is 0.860. The SMILES string of the molecule is CNC(Cc1ccc(Cl)cc1F)C(C)c1ccccc1. The minimum Gasteiger partial charge on any atom is -0.316 e. The van der Waals surface area contributed by atoms with E-state index in [4.69, 9.17) is 11.6 Å². The molecule has 2 aromatic carbocycles. The van der Waals surface area contributed by atoms with Crippen molar-refractivity contribution in [3.05, 3.63) is 70.5 Å².